The first-order chi connectivity index (χ1) is 8.50. The molecule has 0 spiro atoms. The third kappa shape index (κ3) is 2.26. The van der Waals surface area contributed by atoms with Crippen LogP contribution in [0.25, 0.3) is 11.4 Å². The van der Waals surface area contributed by atoms with Crippen LogP contribution in [0.15, 0.2) is 28.7 Å². The van der Waals surface area contributed by atoms with Gasteiger partial charge in [0.05, 0.1) is 11.4 Å². The van der Waals surface area contributed by atoms with Crippen LogP contribution in [0.3, 0.4) is 0 Å². The van der Waals surface area contributed by atoms with Gasteiger partial charge in [-0.05, 0) is 19.9 Å². The van der Waals surface area contributed by atoms with Crippen LogP contribution in [0, 0.1) is 13.8 Å². The van der Waals surface area contributed by atoms with E-state index in [0.29, 0.717) is 17.2 Å². The standard InChI is InChI=1S/C13H11BrN2O2/c1-7-11(13(17)18)8(2)16-12(15-7)9-5-3-4-6-10(9)14/h3-6H,1-2H3,(H,17,18). The number of hydrogen-bond acceptors (Lipinski definition) is 3. The topological polar surface area (TPSA) is 63.1 Å². The van der Waals surface area contributed by atoms with Gasteiger partial charge in [0.1, 0.15) is 5.56 Å². The first kappa shape index (κ1) is 12.7. The van der Waals surface area contributed by atoms with Gasteiger partial charge in [-0.15, -0.1) is 0 Å². The fraction of sp³-hybridized carbons (Fsp3) is 0.154. The van der Waals surface area contributed by atoms with Gasteiger partial charge in [-0.25, -0.2) is 14.8 Å². The third-order valence-corrected chi connectivity index (χ3v) is 3.29. The van der Waals surface area contributed by atoms with Gasteiger partial charge in [0.2, 0.25) is 0 Å². The third-order valence-electron chi connectivity index (χ3n) is 2.60. The highest BCUT2D eigenvalue weighted by Crippen LogP contribution is 2.26. The van der Waals surface area contributed by atoms with E-state index in [9.17, 15) is 4.79 Å². The van der Waals surface area contributed by atoms with E-state index in [2.05, 4.69) is 25.9 Å². The van der Waals surface area contributed by atoms with Crippen molar-refractivity contribution in [1.82, 2.24) is 9.97 Å². The van der Waals surface area contributed by atoms with Crippen molar-refractivity contribution >= 4 is 21.9 Å². The van der Waals surface area contributed by atoms with Crippen molar-refractivity contribution < 1.29 is 9.90 Å². The smallest absolute Gasteiger partial charge is 0.339 e. The lowest BCUT2D eigenvalue weighted by Gasteiger charge is -2.08. The molecule has 2 rings (SSSR count). The Hall–Kier alpha value is -1.75. The lowest BCUT2D eigenvalue weighted by molar-refractivity contribution is 0.0694. The van der Waals surface area contributed by atoms with Crippen LogP contribution in [0.1, 0.15) is 21.7 Å². The Labute approximate surface area is 113 Å². The maximum Gasteiger partial charge on any atom is 0.339 e. The van der Waals surface area contributed by atoms with Gasteiger partial charge in [0.25, 0.3) is 0 Å². The monoisotopic (exact) mass is 306 g/mol. The average molecular weight is 307 g/mol. The molecule has 0 atom stereocenters. The Balaban J connectivity index is 2.62. The molecule has 1 aromatic heterocycles. The van der Waals surface area contributed by atoms with Crippen LogP contribution in [0.4, 0.5) is 0 Å². The molecule has 4 nitrogen and oxygen atoms in total. The molecule has 0 aliphatic heterocycles. The summed E-state index contributed by atoms with van der Waals surface area (Å²) >= 11 is 3.43. The van der Waals surface area contributed by atoms with Crippen LogP contribution in [-0.4, -0.2) is 21.0 Å². The van der Waals surface area contributed by atoms with E-state index in [1.165, 1.54) is 0 Å². The Morgan fingerprint density at radius 2 is 1.72 bits per heavy atom. The number of aromatic nitrogens is 2. The summed E-state index contributed by atoms with van der Waals surface area (Å²) < 4.78 is 0.881. The van der Waals surface area contributed by atoms with E-state index in [4.69, 9.17) is 5.11 Å². The van der Waals surface area contributed by atoms with Gasteiger partial charge in [0, 0.05) is 10.0 Å². The summed E-state index contributed by atoms with van der Waals surface area (Å²) in [6.07, 6.45) is 0. The Bertz CT molecular complexity index is 603. The van der Waals surface area contributed by atoms with Crippen molar-refractivity contribution in [1.29, 1.82) is 0 Å². The number of benzene rings is 1. The van der Waals surface area contributed by atoms with Crippen molar-refractivity contribution in [2.24, 2.45) is 0 Å². The highest BCUT2D eigenvalue weighted by molar-refractivity contribution is 9.10. The van der Waals surface area contributed by atoms with Crippen molar-refractivity contribution in [3.63, 3.8) is 0 Å². The second kappa shape index (κ2) is 4.86. The van der Waals surface area contributed by atoms with E-state index in [-0.39, 0.29) is 5.56 Å². The molecule has 0 radical (unpaired) electrons. The summed E-state index contributed by atoms with van der Waals surface area (Å²) in [6.45, 7) is 3.36. The van der Waals surface area contributed by atoms with Crippen molar-refractivity contribution in [3.05, 3.63) is 45.7 Å². The first-order valence-corrected chi connectivity index (χ1v) is 6.13. The van der Waals surface area contributed by atoms with Crippen molar-refractivity contribution in [2.45, 2.75) is 13.8 Å². The number of carboxylic acid groups (broad SMARTS) is 1. The molecule has 2 aromatic rings. The number of carboxylic acids is 1. The van der Waals surface area contributed by atoms with Gasteiger partial charge in [-0.2, -0.15) is 0 Å². The highest BCUT2D eigenvalue weighted by atomic mass is 79.9. The molecular weight excluding hydrogens is 296 g/mol. The molecule has 1 aromatic carbocycles. The lowest BCUT2D eigenvalue weighted by atomic mass is 10.1. The van der Waals surface area contributed by atoms with Crippen molar-refractivity contribution in [2.75, 3.05) is 0 Å². The summed E-state index contributed by atoms with van der Waals surface area (Å²) in [6, 6.07) is 7.57. The van der Waals surface area contributed by atoms with Crippen LogP contribution in [-0.2, 0) is 0 Å². The molecule has 0 aliphatic carbocycles. The zero-order valence-corrected chi connectivity index (χ0v) is 11.5. The fourth-order valence-electron chi connectivity index (χ4n) is 1.79. The summed E-state index contributed by atoms with van der Waals surface area (Å²) in [5.41, 5.74) is 1.97. The predicted octanol–water partition coefficient (Wildman–Crippen LogP) is 3.22. The van der Waals surface area contributed by atoms with Gasteiger partial charge < -0.3 is 5.11 Å². The van der Waals surface area contributed by atoms with Crippen LogP contribution in [0.2, 0.25) is 0 Å². The molecule has 0 bridgehead atoms. The number of rotatable bonds is 2. The van der Waals surface area contributed by atoms with E-state index in [1.54, 1.807) is 13.8 Å². The van der Waals surface area contributed by atoms with E-state index in [1.807, 2.05) is 24.3 Å². The Kier molecular flexibility index (Phi) is 3.43. The molecule has 1 N–H and O–H groups in total. The second-order valence-electron chi connectivity index (χ2n) is 3.88. The molecule has 0 aliphatic rings. The normalized spacial score (nSPS) is 10.4. The average Bonchev–Trinajstić information content (AvgIpc) is 2.27. The number of nitrogens with zero attached hydrogens (tertiary/aromatic N) is 2. The molecule has 0 saturated carbocycles. The molecule has 92 valence electrons. The highest BCUT2D eigenvalue weighted by Gasteiger charge is 2.16. The molecule has 0 saturated heterocycles. The number of aryl methyl sites for hydroxylation is 2. The van der Waals surface area contributed by atoms with Gasteiger partial charge in [-0.3, -0.25) is 0 Å². The molecule has 0 amide bonds. The number of aromatic carboxylic acids is 1. The van der Waals surface area contributed by atoms with Gasteiger partial charge in [-0.1, -0.05) is 34.1 Å². The lowest BCUT2D eigenvalue weighted by Crippen LogP contribution is -2.08. The van der Waals surface area contributed by atoms with E-state index < -0.39 is 5.97 Å². The zero-order valence-electron chi connectivity index (χ0n) is 9.94. The molecule has 0 fully saturated rings. The first-order valence-electron chi connectivity index (χ1n) is 5.34. The van der Waals surface area contributed by atoms with Gasteiger partial charge >= 0.3 is 5.97 Å². The molecule has 18 heavy (non-hydrogen) atoms. The number of hydrogen-bond donors (Lipinski definition) is 1. The minimum Gasteiger partial charge on any atom is -0.478 e. The Morgan fingerprint density at radius 1 is 1.17 bits per heavy atom. The van der Waals surface area contributed by atoms with Crippen LogP contribution < -0.4 is 0 Å². The quantitative estimate of drug-likeness (QED) is 0.925. The SMILES string of the molecule is Cc1nc(-c2ccccc2Br)nc(C)c1C(=O)O. The second-order valence-corrected chi connectivity index (χ2v) is 4.73. The van der Waals surface area contributed by atoms with Crippen molar-refractivity contribution in [3.8, 4) is 11.4 Å². The maximum atomic E-state index is 11.1. The summed E-state index contributed by atoms with van der Waals surface area (Å²) in [5.74, 6) is -0.467. The molecule has 5 heteroatoms. The predicted molar refractivity (Wildman–Crippen MR) is 71.6 cm³/mol. The Morgan fingerprint density at radius 3 is 2.22 bits per heavy atom. The van der Waals surface area contributed by atoms with Crippen LogP contribution in [0.5, 0.6) is 0 Å². The number of halogens is 1. The zero-order chi connectivity index (χ0) is 13.3. The number of carbonyl (C=O) groups is 1. The van der Waals surface area contributed by atoms with Crippen LogP contribution >= 0.6 is 15.9 Å². The largest absolute Gasteiger partial charge is 0.478 e. The minimum absolute atomic E-state index is 0.172. The van der Waals surface area contributed by atoms with Gasteiger partial charge in [0.15, 0.2) is 5.82 Å². The summed E-state index contributed by atoms with van der Waals surface area (Å²) in [5, 5.41) is 9.07. The summed E-state index contributed by atoms with van der Waals surface area (Å²) in [7, 11) is 0. The minimum atomic E-state index is -0.997. The fourth-order valence-corrected chi connectivity index (χ4v) is 2.25. The molecule has 0 unspecified atom stereocenters. The molecule has 1 heterocycles. The maximum absolute atomic E-state index is 11.1. The summed E-state index contributed by atoms with van der Waals surface area (Å²) in [4.78, 5) is 19.6. The van der Waals surface area contributed by atoms with E-state index in [0.717, 1.165) is 10.0 Å². The molecular formula is C13H11BrN2O2. The van der Waals surface area contributed by atoms with E-state index >= 15 is 0 Å².